The van der Waals surface area contributed by atoms with Crippen LogP contribution in [0.25, 0.3) is 0 Å². The van der Waals surface area contributed by atoms with Crippen LogP contribution in [0.5, 0.6) is 0 Å². The van der Waals surface area contributed by atoms with E-state index in [0.717, 1.165) is 0 Å². The summed E-state index contributed by atoms with van der Waals surface area (Å²) in [5.74, 6) is -0.988. The average Bonchev–Trinajstić information content (AvgIpc) is 2.04. The SMILES string of the molecule is CCC1C(=O)OC(C)(C)C1=O. The van der Waals surface area contributed by atoms with Crippen LogP contribution in [0.4, 0.5) is 0 Å². The third kappa shape index (κ3) is 1.15. The van der Waals surface area contributed by atoms with E-state index in [9.17, 15) is 9.59 Å². The Morgan fingerprint density at radius 2 is 2.00 bits per heavy atom. The molecule has 0 amide bonds. The zero-order valence-corrected chi connectivity index (χ0v) is 7.01. The maximum absolute atomic E-state index is 11.3. The zero-order valence-electron chi connectivity index (χ0n) is 7.01. The van der Waals surface area contributed by atoms with E-state index >= 15 is 0 Å². The van der Waals surface area contributed by atoms with Crippen molar-refractivity contribution in [1.82, 2.24) is 0 Å². The fourth-order valence-corrected chi connectivity index (χ4v) is 1.25. The lowest BCUT2D eigenvalue weighted by Gasteiger charge is -2.12. The largest absolute Gasteiger partial charge is 0.451 e. The minimum Gasteiger partial charge on any atom is -0.451 e. The van der Waals surface area contributed by atoms with Crippen LogP contribution in [0.3, 0.4) is 0 Å². The first-order valence-corrected chi connectivity index (χ1v) is 3.76. The van der Waals surface area contributed by atoms with Crippen molar-refractivity contribution in [2.75, 3.05) is 0 Å². The van der Waals surface area contributed by atoms with Crippen molar-refractivity contribution in [3.8, 4) is 0 Å². The van der Waals surface area contributed by atoms with Gasteiger partial charge >= 0.3 is 5.97 Å². The smallest absolute Gasteiger partial charge is 0.317 e. The first-order valence-electron chi connectivity index (χ1n) is 3.76. The highest BCUT2D eigenvalue weighted by atomic mass is 16.6. The number of carbonyl (C=O) groups excluding carboxylic acids is 2. The van der Waals surface area contributed by atoms with Gasteiger partial charge in [-0.25, -0.2) is 0 Å². The van der Waals surface area contributed by atoms with Crippen molar-refractivity contribution in [3.63, 3.8) is 0 Å². The number of carbonyl (C=O) groups is 2. The minimum atomic E-state index is -0.891. The van der Waals surface area contributed by atoms with E-state index in [1.54, 1.807) is 13.8 Å². The van der Waals surface area contributed by atoms with Crippen LogP contribution in [-0.2, 0) is 14.3 Å². The van der Waals surface area contributed by atoms with Gasteiger partial charge in [0.1, 0.15) is 5.92 Å². The predicted octanol–water partition coefficient (Wildman–Crippen LogP) is 0.917. The number of rotatable bonds is 1. The lowest BCUT2D eigenvalue weighted by atomic mass is 9.94. The van der Waals surface area contributed by atoms with E-state index in [1.165, 1.54) is 0 Å². The summed E-state index contributed by atoms with van der Waals surface area (Å²) >= 11 is 0. The highest BCUT2D eigenvalue weighted by molar-refractivity contribution is 6.08. The van der Waals surface area contributed by atoms with Crippen molar-refractivity contribution in [2.45, 2.75) is 32.8 Å². The van der Waals surface area contributed by atoms with E-state index in [0.29, 0.717) is 6.42 Å². The minimum absolute atomic E-state index is 0.0926. The number of ether oxygens (including phenoxy) is 1. The molecule has 3 nitrogen and oxygen atoms in total. The maximum Gasteiger partial charge on any atom is 0.317 e. The lowest BCUT2D eigenvalue weighted by molar-refractivity contribution is -0.149. The fourth-order valence-electron chi connectivity index (χ4n) is 1.25. The van der Waals surface area contributed by atoms with Crippen LogP contribution in [0.2, 0.25) is 0 Å². The number of hydrogen-bond acceptors (Lipinski definition) is 3. The van der Waals surface area contributed by atoms with Crippen LogP contribution in [0.15, 0.2) is 0 Å². The quantitative estimate of drug-likeness (QED) is 0.418. The highest BCUT2D eigenvalue weighted by Crippen LogP contribution is 2.28. The molecular formula is C8H12O3. The van der Waals surface area contributed by atoms with E-state index in [4.69, 9.17) is 4.74 Å². The second-order valence-corrected chi connectivity index (χ2v) is 3.26. The van der Waals surface area contributed by atoms with Gasteiger partial charge in [-0.05, 0) is 20.3 Å². The molecule has 0 bridgehead atoms. The molecule has 1 heterocycles. The molecule has 3 heteroatoms. The number of esters is 1. The van der Waals surface area contributed by atoms with Crippen molar-refractivity contribution in [1.29, 1.82) is 0 Å². The Hall–Kier alpha value is -0.860. The molecule has 1 aliphatic heterocycles. The summed E-state index contributed by atoms with van der Waals surface area (Å²) in [6, 6.07) is 0. The molecule has 0 aliphatic carbocycles. The van der Waals surface area contributed by atoms with Crippen LogP contribution >= 0.6 is 0 Å². The molecule has 1 fully saturated rings. The molecule has 62 valence electrons. The fraction of sp³-hybridized carbons (Fsp3) is 0.750. The van der Waals surface area contributed by atoms with E-state index in [2.05, 4.69) is 0 Å². The Bertz CT molecular complexity index is 205. The third-order valence-electron chi connectivity index (χ3n) is 1.96. The van der Waals surface area contributed by atoms with Crippen molar-refractivity contribution >= 4 is 11.8 Å². The summed E-state index contributed by atoms with van der Waals surface area (Å²) in [5.41, 5.74) is -0.891. The van der Waals surface area contributed by atoms with Crippen LogP contribution in [-0.4, -0.2) is 17.4 Å². The van der Waals surface area contributed by atoms with Crippen molar-refractivity contribution in [2.24, 2.45) is 5.92 Å². The lowest BCUT2D eigenvalue weighted by Crippen LogP contribution is -2.29. The number of hydrogen-bond donors (Lipinski definition) is 0. The summed E-state index contributed by atoms with van der Waals surface area (Å²) in [5, 5.41) is 0. The average molecular weight is 156 g/mol. The molecule has 0 saturated carbocycles. The standard InChI is InChI=1S/C8H12O3/c1-4-5-6(9)8(2,3)11-7(5)10/h5H,4H2,1-3H3. The molecule has 1 aliphatic rings. The summed E-state index contributed by atoms with van der Waals surface area (Å²) in [4.78, 5) is 22.3. The Morgan fingerprint density at radius 1 is 1.45 bits per heavy atom. The molecule has 0 spiro atoms. The van der Waals surface area contributed by atoms with Gasteiger partial charge in [-0.3, -0.25) is 9.59 Å². The topological polar surface area (TPSA) is 43.4 Å². The molecular weight excluding hydrogens is 144 g/mol. The summed E-state index contributed by atoms with van der Waals surface area (Å²) < 4.78 is 4.88. The number of Topliss-reactive ketones (excluding diaryl/α,β-unsaturated/α-hetero) is 1. The van der Waals surface area contributed by atoms with E-state index < -0.39 is 11.5 Å². The third-order valence-corrected chi connectivity index (χ3v) is 1.96. The predicted molar refractivity (Wildman–Crippen MR) is 39.0 cm³/mol. The Kier molecular flexibility index (Phi) is 1.74. The second-order valence-electron chi connectivity index (χ2n) is 3.26. The van der Waals surface area contributed by atoms with Gasteiger partial charge in [0.2, 0.25) is 0 Å². The molecule has 0 aromatic rings. The molecule has 0 aromatic carbocycles. The van der Waals surface area contributed by atoms with Gasteiger partial charge in [-0.15, -0.1) is 0 Å². The molecule has 11 heavy (non-hydrogen) atoms. The summed E-state index contributed by atoms with van der Waals surface area (Å²) in [6.07, 6.45) is 0.543. The molecule has 1 unspecified atom stereocenters. The second kappa shape index (κ2) is 2.32. The van der Waals surface area contributed by atoms with Crippen LogP contribution in [0.1, 0.15) is 27.2 Å². The van der Waals surface area contributed by atoms with E-state index in [1.807, 2.05) is 6.92 Å². The maximum atomic E-state index is 11.3. The molecule has 0 aromatic heterocycles. The number of cyclic esters (lactones) is 1. The first-order chi connectivity index (χ1) is 4.99. The van der Waals surface area contributed by atoms with Gasteiger partial charge in [-0.1, -0.05) is 6.92 Å². The Morgan fingerprint density at radius 3 is 2.18 bits per heavy atom. The van der Waals surface area contributed by atoms with Gasteiger partial charge in [0.25, 0.3) is 0 Å². The molecule has 0 radical (unpaired) electrons. The van der Waals surface area contributed by atoms with Crippen LogP contribution < -0.4 is 0 Å². The zero-order chi connectivity index (χ0) is 8.65. The number of ketones is 1. The Labute approximate surface area is 65.7 Å². The Balaban J connectivity index is 2.88. The van der Waals surface area contributed by atoms with E-state index in [-0.39, 0.29) is 11.8 Å². The van der Waals surface area contributed by atoms with Gasteiger partial charge in [0, 0.05) is 0 Å². The van der Waals surface area contributed by atoms with Crippen molar-refractivity contribution in [3.05, 3.63) is 0 Å². The molecule has 0 N–H and O–H groups in total. The highest BCUT2D eigenvalue weighted by Gasteiger charge is 2.47. The summed E-state index contributed by atoms with van der Waals surface area (Å²) in [7, 11) is 0. The first kappa shape index (κ1) is 8.24. The molecule has 1 rings (SSSR count). The van der Waals surface area contributed by atoms with Crippen molar-refractivity contribution < 1.29 is 14.3 Å². The molecule has 1 atom stereocenters. The van der Waals surface area contributed by atoms with Gasteiger partial charge < -0.3 is 4.74 Å². The normalized spacial score (nSPS) is 28.8. The van der Waals surface area contributed by atoms with Gasteiger partial charge in [0.15, 0.2) is 11.4 Å². The molecule has 1 saturated heterocycles. The van der Waals surface area contributed by atoms with Gasteiger partial charge in [0.05, 0.1) is 0 Å². The summed E-state index contributed by atoms with van der Waals surface area (Å²) in [6.45, 7) is 5.07. The monoisotopic (exact) mass is 156 g/mol. The van der Waals surface area contributed by atoms with Crippen LogP contribution in [0, 0.1) is 5.92 Å². The van der Waals surface area contributed by atoms with Gasteiger partial charge in [-0.2, -0.15) is 0 Å².